The van der Waals surface area contributed by atoms with Crippen LogP contribution in [0.25, 0.3) is 0 Å². The average molecular weight is 362 g/mol. The molecule has 2 amide bonds. The van der Waals surface area contributed by atoms with Crippen molar-refractivity contribution in [1.29, 1.82) is 0 Å². The van der Waals surface area contributed by atoms with E-state index in [9.17, 15) is 18.0 Å². The summed E-state index contributed by atoms with van der Waals surface area (Å²) in [5, 5.41) is 0. The van der Waals surface area contributed by atoms with Crippen LogP contribution in [0.2, 0.25) is 0 Å². The summed E-state index contributed by atoms with van der Waals surface area (Å²) >= 11 is 0. The Labute approximate surface area is 148 Å². The lowest BCUT2D eigenvalue weighted by Crippen LogP contribution is -2.30. The van der Waals surface area contributed by atoms with Crippen LogP contribution in [0.15, 0.2) is 59.5 Å². The molecule has 0 saturated carbocycles. The van der Waals surface area contributed by atoms with E-state index in [1.807, 2.05) is 18.6 Å². The summed E-state index contributed by atoms with van der Waals surface area (Å²) in [5.74, 6) is -0.943. The van der Waals surface area contributed by atoms with Crippen LogP contribution in [-0.2, 0) is 10.0 Å². The monoisotopic (exact) mass is 362 g/mol. The number of nitrogens with one attached hydrogen (secondary N) is 1. The molecule has 0 atom stereocenters. The number of rotatable bonds is 4. The second-order valence-electron chi connectivity index (χ2n) is 5.02. The first kappa shape index (κ1) is 20.4. The number of carbonyl (C=O) groups excluding carboxylic acids is 2. The number of sulfonamides is 1. The molecule has 0 saturated heterocycles. The molecule has 7 heteroatoms. The Kier molecular flexibility index (Phi) is 7.32. The maximum atomic E-state index is 12.2. The first-order chi connectivity index (χ1) is 11.8. The lowest BCUT2D eigenvalue weighted by molar-refractivity contribution is 0.0827. The van der Waals surface area contributed by atoms with Crippen molar-refractivity contribution >= 4 is 21.8 Å². The van der Waals surface area contributed by atoms with Crippen LogP contribution in [0, 0.1) is 0 Å². The van der Waals surface area contributed by atoms with E-state index in [1.165, 1.54) is 41.3 Å². The number of hydrogen-bond acceptors (Lipinski definition) is 4. The van der Waals surface area contributed by atoms with E-state index in [-0.39, 0.29) is 16.4 Å². The van der Waals surface area contributed by atoms with Gasteiger partial charge in [-0.2, -0.15) is 0 Å². The Hall–Kier alpha value is -2.67. The van der Waals surface area contributed by atoms with Crippen LogP contribution < -0.4 is 4.72 Å². The highest BCUT2D eigenvalue weighted by Crippen LogP contribution is 2.12. The van der Waals surface area contributed by atoms with E-state index in [4.69, 9.17) is 0 Å². The fourth-order valence-electron chi connectivity index (χ4n) is 1.86. The lowest BCUT2D eigenvalue weighted by atomic mass is 10.2. The van der Waals surface area contributed by atoms with Gasteiger partial charge < -0.3 is 4.90 Å². The van der Waals surface area contributed by atoms with Crippen molar-refractivity contribution in [3.05, 3.63) is 65.7 Å². The van der Waals surface area contributed by atoms with Crippen molar-refractivity contribution in [3.63, 3.8) is 0 Å². The van der Waals surface area contributed by atoms with Gasteiger partial charge in [-0.1, -0.05) is 32.0 Å². The van der Waals surface area contributed by atoms with Crippen molar-refractivity contribution in [2.75, 3.05) is 14.1 Å². The minimum atomic E-state index is -3.99. The predicted molar refractivity (Wildman–Crippen MR) is 96.9 cm³/mol. The number of benzene rings is 2. The third kappa shape index (κ3) is 5.42. The van der Waals surface area contributed by atoms with E-state index < -0.39 is 15.9 Å². The third-order valence-electron chi connectivity index (χ3n) is 3.08. The molecule has 0 spiro atoms. The van der Waals surface area contributed by atoms with Crippen molar-refractivity contribution in [2.24, 2.45) is 0 Å². The molecular weight excluding hydrogens is 340 g/mol. The Morgan fingerprint density at radius 1 is 0.840 bits per heavy atom. The maximum absolute atomic E-state index is 12.2. The summed E-state index contributed by atoms with van der Waals surface area (Å²) in [6.45, 7) is 4.00. The van der Waals surface area contributed by atoms with Crippen LogP contribution in [0.3, 0.4) is 0 Å². The minimum absolute atomic E-state index is 0.0860. The summed E-state index contributed by atoms with van der Waals surface area (Å²) < 4.78 is 26.4. The van der Waals surface area contributed by atoms with E-state index in [1.54, 1.807) is 32.3 Å². The van der Waals surface area contributed by atoms with Gasteiger partial charge in [0.05, 0.1) is 4.90 Å². The summed E-state index contributed by atoms with van der Waals surface area (Å²) in [5.41, 5.74) is 0.610. The van der Waals surface area contributed by atoms with Crippen LogP contribution in [0.5, 0.6) is 0 Å². The van der Waals surface area contributed by atoms with Crippen LogP contribution >= 0.6 is 0 Å². The molecule has 0 aliphatic carbocycles. The second-order valence-corrected chi connectivity index (χ2v) is 6.71. The van der Waals surface area contributed by atoms with Gasteiger partial charge in [-0.15, -0.1) is 0 Å². The largest absolute Gasteiger partial charge is 0.345 e. The molecule has 0 fully saturated rings. The van der Waals surface area contributed by atoms with Crippen molar-refractivity contribution in [2.45, 2.75) is 18.7 Å². The summed E-state index contributed by atoms with van der Waals surface area (Å²) in [6.07, 6.45) is 0. The first-order valence-electron chi connectivity index (χ1n) is 7.75. The summed E-state index contributed by atoms with van der Waals surface area (Å²) in [4.78, 5) is 25.0. The molecule has 2 aromatic rings. The number of amides is 2. The Balaban J connectivity index is 0.00000151. The van der Waals surface area contributed by atoms with E-state index in [0.717, 1.165) is 0 Å². The molecule has 0 unspecified atom stereocenters. The highest BCUT2D eigenvalue weighted by atomic mass is 32.2. The van der Waals surface area contributed by atoms with Gasteiger partial charge >= 0.3 is 0 Å². The zero-order chi connectivity index (χ0) is 19.0. The SMILES string of the molecule is CC.CN(C)C(=O)c1ccc(S(=O)(=O)NC(=O)c2ccccc2)cc1. The zero-order valence-corrected chi connectivity index (χ0v) is 15.5. The molecule has 0 aliphatic heterocycles. The van der Waals surface area contributed by atoms with Gasteiger partial charge in [-0.25, -0.2) is 13.1 Å². The summed E-state index contributed by atoms with van der Waals surface area (Å²) in [6, 6.07) is 13.4. The first-order valence-corrected chi connectivity index (χ1v) is 9.23. The van der Waals surface area contributed by atoms with E-state index >= 15 is 0 Å². The molecule has 0 radical (unpaired) electrons. The average Bonchev–Trinajstić information content (AvgIpc) is 2.63. The van der Waals surface area contributed by atoms with Crippen LogP contribution in [0.1, 0.15) is 34.6 Å². The molecule has 25 heavy (non-hydrogen) atoms. The predicted octanol–water partition coefficient (Wildman–Crippen LogP) is 2.53. The Bertz CT molecular complexity index is 814. The molecule has 2 aromatic carbocycles. The quantitative estimate of drug-likeness (QED) is 0.906. The molecule has 0 bridgehead atoms. The Morgan fingerprint density at radius 3 is 1.84 bits per heavy atom. The fourth-order valence-corrected chi connectivity index (χ4v) is 2.84. The van der Waals surface area contributed by atoms with Crippen molar-refractivity contribution < 1.29 is 18.0 Å². The minimum Gasteiger partial charge on any atom is -0.345 e. The fraction of sp³-hybridized carbons (Fsp3) is 0.222. The molecule has 0 heterocycles. The zero-order valence-electron chi connectivity index (χ0n) is 14.7. The molecule has 6 nitrogen and oxygen atoms in total. The summed E-state index contributed by atoms with van der Waals surface area (Å²) in [7, 11) is -0.786. The molecule has 2 rings (SSSR count). The van der Waals surface area contributed by atoms with Gasteiger partial charge in [-0.3, -0.25) is 9.59 Å². The van der Waals surface area contributed by atoms with Gasteiger partial charge in [0.25, 0.3) is 21.8 Å². The van der Waals surface area contributed by atoms with Gasteiger partial charge in [0.1, 0.15) is 0 Å². The van der Waals surface area contributed by atoms with Gasteiger partial charge in [0.15, 0.2) is 0 Å². The Morgan fingerprint density at radius 2 is 1.36 bits per heavy atom. The topological polar surface area (TPSA) is 83.6 Å². The number of nitrogens with zero attached hydrogens (tertiary/aromatic N) is 1. The van der Waals surface area contributed by atoms with Crippen LogP contribution in [-0.4, -0.2) is 39.2 Å². The van der Waals surface area contributed by atoms with Crippen LogP contribution in [0.4, 0.5) is 0 Å². The van der Waals surface area contributed by atoms with Crippen molar-refractivity contribution in [3.8, 4) is 0 Å². The smallest absolute Gasteiger partial charge is 0.264 e. The number of hydrogen-bond donors (Lipinski definition) is 1. The molecular formula is C18H22N2O4S. The normalized spacial score (nSPS) is 10.2. The molecule has 0 aromatic heterocycles. The van der Waals surface area contributed by atoms with Gasteiger partial charge in [-0.05, 0) is 36.4 Å². The standard InChI is InChI=1S/C16H16N2O4S.C2H6/c1-18(2)16(20)13-8-10-14(11-9-13)23(21,22)17-15(19)12-6-4-3-5-7-12;1-2/h3-11H,1-2H3,(H,17,19);1-2H3. The highest BCUT2D eigenvalue weighted by Gasteiger charge is 2.19. The third-order valence-corrected chi connectivity index (χ3v) is 4.43. The molecule has 1 N–H and O–H groups in total. The molecule has 0 aliphatic rings. The second kappa shape index (κ2) is 8.98. The maximum Gasteiger partial charge on any atom is 0.264 e. The highest BCUT2D eigenvalue weighted by molar-refractivity contribution is 7.90. The van der Waals surface area contributed by atoms with Gasteiger partial charge in [0.2, 0.25) is 0 Å². The van der Waals surface area contributed by atoms with Gasteiger partial charge in [0, 0.05) is 25.2 Å². The van der Waals surface area contributed by atoms with E-state index in [2.05, 4.69) is 0 Å². The molecule has 134 valence electrons. The lowest BCUT2D eigenvalue weighted by Gasteiger charge is -2.11. The van der Waals surface area contributed by atoms with Crippen molar-refractivity contribution in [1.82, 2.24) is 9.62 Å². The number of carbonyl (C=O) groups is 2. The van der Waals surface area contributed by atoms with E-state index in [0.29, 0.717) is 5.56 Å².